The molecular formula is C6H10LiO8P. The Hall–Kier alpha value is -0.193. The third kappa shape index (κ3) is 6.40. The number of aliphatic hydroxyl groups excluding tert-OH is 2. The Morgan fingerprint density at radius 1 is 1.12 bits per heavy atom. The van der Waals surface area contributed by atoms with Gasteiger partial charge < -0.3 is 20.1 Å². The maximum absolute atomic E-state index is 11.4. The summed E-state index contributed by atoms with van der Waals surface area (Å²) in [5.41, 5.74) is -1.14. The van der Waals surface area contributed by atoms with Gasteiger partial charge in [-0.2, -0.15) is 0 Å². The molecule has 0 rings (SSSR count). The van der Waals surface area contributed by atoms with Gasteiger partial charge in [0.05, 0.1) is 0 Å². The van der Waals surface area contributed by atoms with Gasteiger partial charge in [0.1, 0.15) is 0 Å². The second kappa shape index (κ2) is 8.90. The maximum Gasteiger partial charge on any atom is 1.00 e. The summed E-state index contributed by atoms with van der Waals surface area (Å²) in [7, 11) is -4.30. The standard InChI is InChI=1S/C6H11O8P.Li/c7-3-13-15(12,14-4-8)6(11)2-1-5(9)10;/h7-8H,1-4H2,(H,9,10);/q;+1/p-1. The van der Waals surface area contributed by atoms with Gasteiger partial charge in [-0.3, -0.25) is 18.4 Å². The first kappa shape index (κ1) is 18.2. The van der Waals surface area contributed by atoms with Gasteiger partial charge >= 0.3 is 26.5 Å². The van der Waals surface area contributed by atoms with Crippen LogP contribution in [0.4, 0.5) is 0 Å². The van der Waals surface area contributed by atoms with E-state index >= 15 is 0 Å². The molecule has 0 aromatic heterocycles. The summed E-state index contributed by atoms with van der Waals surface area (Å²) in [4.78, 5) is 21.1. The fourth-order valence-electron chi connectivity index (χ4n) is 0.679. The smallest absolute Gasteiger partial charge is 0.550 e. The van der Waals surface area contributed by atoms with Crippen LogP contribution in [-0.2, 0) is 23.2 Å². The Morgan fingerprint density at radius 2 is 1.56 bits per heavy atom. The molecular weight excluding hydrogens is 238 g/mol. The van der Waals surface area contributed by atoms with Crippen LogP contribution < -0.4 is 24.0 Å². The molecule has 0 amide bonds. The second-order valence-electron chi connectivity index (χ2n) is 2.28. The zero-order chi connectivity index (χ0) is 11.9. The fraction of sp³-hybridized carbons (Fsp3) is 0.667. The number of carbonyl (C=O) groups excluding carboxylic acids is 2. The molecule has 0 atom stereocenters. The fourth-order valence-corrected chi connectivity index (χ4v) is 1.73. The van der Waals surface area contributed by atoms with Gasteiger partial charge in [0.25, 0.3) is 0 Å². The third-order valence-corrected chi connectivity index (χ3v) is 3.05. The summed E-state index contributed by atoms with van der Waals surface area (Å²) in [5.74, 6) is -1.50. The number of carboxylic acids is 1. The zero-order valence-corrected chi connectivity index (χ0v) is 9.51. The topological polar surface area (TPSA) is 133 Å². The first-order chi connectivity index (χ1) is 6.96. The van der Waals surface area contributed by atoms with Crippen LogP contribution in [0, 0.1) is 0 Å². The molecule has 8 nitrogen and oxygen atoms in total. The summed E-state index contributed by atoms with van der Waals surface area (Å²) < 4.78 is 19.7. The zero-order valence-electron chi connectivity index (χ0n) is 8.62. The van der Waals surface area contributed by atoms with Crippen LogP contribution in [0.15, 0.2) is 0 Å². The van der Waals surface area contributed by atoms with Gasteiger partial charge in [0, 0.05) is 12.4 Å². The molecule has 0 aromatic carbocycles. The number of carbonyl (C=O) groups is 2. The molecule has 0 saturated heterocycles. The van der Waals surface area contributed by atoms with E-state index in [1.54, 1.807) is 0 Å². The predicted molar refractivity (Wildman–Crippen MR) is 43.2 cm³/mol. The second-order valence-corrected chi connectivity index (χ2v) is 4.29. The van der Waals surface area contributed by atoms with Gasteiger partial charge in [0.2, 0.25) is 5.52 Å². The van der Waals surface area contributed by atoms with E-state index in [1.165, 1.54) is 0 Å². The molecule has 0 heterocycles. The Balaban J connectivity index is 0. The molecule has 0 fully saturated rings. The van der Waals surface area contributed by atoms with E-state index in [-0.39, 0.29) is 18.9 Å². The van der Waals surface area contributed by atoms with Crippen LogP contribution in [0.3, 0.4) is 0 Å². The number of hydrogen-bond acceptors (Lipinski definition) is 8. The van der Waals surface area contributed by atoms with E-state index in [1.807, 2.05) is 0 Å². The van der Waals surface area contributed by atoms with Gasteiger partial charge in [-0.1, -0.05) is 0 Å². The van der Waals surface area contributed by atoms with E-state index in [0.29, 0.717) is 0 Å². The van der Waals surface area contributed by atoms with Crippen molar-refractivity contribution in [2.45, 2.75) is 12.8 Å². The summed E-state index contributed by atoms with van der Waals surface area (Å²) in [6.45, 7) is -2.09. The van der Waals surface area contributed by atoms with E-state index in [9.17, 15) is 19.3 Å². The molecule has 0 aliphatic heterocycles. The normalized spacial score (nSPS) is 10.6. The molecule has 2 N–H and O–H groups in total. The number of rotatable bonds is 8. The summed E-state index contributed by atoms with van der Waals surface area (Å²) in [5, 5.41) is 26.6. The minimum Gasteiger partial charge on any atom is -0.550 e. The minimum atomic E-state index is -4.30. The number of aliphatic hydroxyl groups is 2. The van der Waals surface area contributed by atoms with Crippen molar-refractivity contribution in [1.29, 1.82) is 0 Å². The van der Waals surface area contributed by atoms with Crippen LogP contribution in [0.1, 0.15) is 12.8 Å². The van der Waals surface area contributed by atoms with Crippen molar-refractivity contribution in [2.24, 2.45) is 0 Å². The molecule has 10 heteroatoms. The largest absolute Gasteiger partial charge is 1.00 e. The molecule has 88 valence electrons. The molecule has 0 bridgehead atoms. The van der Waals surface area contributed by atoms with Crippen LogP contribution in [0.2, 0.25) is 0 Å². The molecule has 0 unspecified atom stereocenters. The Bertz CT molecular complexity index is 270. The molecule has 0 aliphatic carbocycles. The van der Waals surface area contributed by atoms with Crippen molar-refractivity contribution in [1.82, 2.24) is 0 Å². The average Bonchev–Trinajstić information content (AvgIpc) is 2.14. The van der Waals surface area contributed by atoms with Gasteiger partial charge in [0.15, 0.2) is 13.6 Å². The molecule has 0 saturated carbocycles. The van der Waals surface area contributed by atoms with E-state index < -0.39 is 45.5 Å². The third-order valence-electron chi connectivity index (χ3n) is 1.30. The molecule has 0 radical (unpaired) electrons. The first-order valence-electron chi connectivity index (χ1n) is 3.80. The maximum atomic E-state index is 11.4. The van der Waals surface area contributed by atoms with Crippen LogP contribution in [0.25, 0.3) is 0 Å². The predicted octanol–water partition coefficient (Wildman–Crippen LogP) is -4.83. The minimum absolute atomic E-state index is 0. The monoisotopic (exact) mass is 248 g/mol. The SMILES string of the molecule is O=C([O-])CCC(=O)P(=O)(OCO)OCO.[Li+]. The molecule has 0 spiro atoms. The molecule has 0 aromatic rings. The number of hydrogen-bond donors (Lipinski definition) is 2. The van der Waals surface area contributed by atoms with E-state index in [0.717, 1.165) is 0 Å². The van der Waals surface area contributed by atoms with Crippen molar-refractivity contribution in [3.8, 4) is 0 Å². The Morgan fingerprint density at radius 3 is 1.88 bits per heavy atom. The first-order valence-corrected chi connectivity index (χ1v) is 5.34. The number of carboxylic acid groups (broad SMARTS) is 1. The molecule has 0 aliphatic rings. The quantitative estimate of drug-likeness (QED) is 0.248. The van der Waals surface area contributed by atoms with E-state index in [2.05, 4.69) is 9.05 Å². The van der Waals surface area contributed by atoms with Gasteiger partial charge in [-0.25, -0.2) is 0 Å². The summed E-state index contributed by atoms with van der Waals surface area (Å²) >= 11 is 0. The average molecular weight is 248 g/mol. The Labute approximate surface area is 103 Å². The summed E-state index contributed by atoms with van der Waals surface area (Å²) in [6, 6.07) is 0. The van der Waals surface area contributed by atoms with Crippen LogP contribution in [-0.4, -0.2) is 35.3 Å². The van der Waals surface area contributed by atoms with Crippen LogP contribution in [0.5, 0.6) is 0 Å². The van der Waals surface area contributed by atoms with Crippen molar-refractivity contribution in [3.05, 3.63) is 0 Å². The Kier molecular flexibility index (Phi) is 10.1. The van der Waals surface area contributed by atoms with E-state index in [4.69, 9.17) is 10.2 Å². The van der Waals surface area contributed by atoms with Crippen LogP contribution >= 0.6 is 7.60 Å². The van der Waals surface area contributed by atoms with Gasteiger partial charge in [-0.05, 0) is 6.42 Å². The van der Waals surface area contributed by atoms with Crippen molar-refractivity contribution < 1.29 is 57.4 Å². The van der Waals surface area contributed by atoms with Crippen molar-refractivity contribution in [3.63, 3.8) is 0 Å². The van der Waals surface area contributed by atoms with Crippen molar-refractivity contribution in [2.75, 3.05) is 13.6 Å². The van der Waals surface area contributed by atoms with Crippen molar-refractivity contribution >= 4 is 19.1 Å². The molecule has 16 heavy (non-hydrogen) atoms. The van der Waals surface area contributed by atoms with Gasteiger partial charge in [-0.15, -0.1) is 0 Å². The summed E-state index contributed by atoms with van der Waals surface area (Å²) in [6.07, 6.45) is -1.27. The number of aliphatic carboxylic acids is 1.